The van der Waals surface area contributed by atoms with Crippen molar-refractivity contribution in [3.05, 3.63) is 48.9 Å². The number of rotatable bonds is 4. The zero-order valence-electron chi connectivity index (χ0n) is 21.0. The number of hydrogen-bond acceptors (Lipinski definition) is 8. The first-order chi connectivity index (χ1) is 16.1. The molecule has 0 aliphatic carbocycles. The van der Waals surface area contributed by atoms with Gasteiger partial charge in [0, 0.05) is 35.9 Å². The summed E-state index contributed by atoms with van der Waals surface area (Å²) < 4.78 is 1.70. The van der Waals surface area contributed by atoms with E-state index >= 15 is 0 Å². The maximum Gasteiger partial charge on any atom is 0.245 e. The molecule has 1 aromatic carbocycles. The standard InChI is InChI=1S/C25H30N8O.2ClH/c1-24(2)12-19(13-25(3,4)30-24)32(5)23-26-15-21(28-29-23)20-7-6-16(11-22(20)34)17-8-9-33-18(10-17)14-27-31-33;;/h6-11,14-15,19,30,34H,12-13H2,1-5H3;2*1H. The molecular formula is C25H32Cl2N8O. The van der Waals surface area contributed by atoms with Crippen LogP contribution in [0.2, 0.25) is 0 Å². The quantitative estimate of drug-likeness (QED) is 0.396. The van der Waals surface area contributed by atoms with Crippen LogP contribution in [0, 0.1) is 0 Å². The molecule has 9 nitrogen and oxygen atoms in total. The Morgan fingerprint density at radius 2 is 1.67 bits per heavy atom. The molecule has 11 heteroatoms. The van der Waals surface area contributed by atoms with Gasteiger partial charge in [0.2, 0.25) is 5.95 Å². The molecule has 4 heterocycles. The van der Waals surface area contributed by atoms with Crippen molar-refractivity contribution in [3.8, 4) is 28.1 Å². The van der Waals surface area contributed by atoms with Crippen molar-refractivity contribution < 1.29 is 5.11 Å². The van der Waals surface area contributed by atoms with Crippen molar-refractivity contribution in [2.75, 3.05) is 11.9 Å². The van der Waals surface area contributed by atoms with Crippen molar-refractivity contribution in [1.29, 1.82) is 0 Å². The third-order valence-electron chi connectivity index (χ3n) is 6.49. The van der Waals surface area contributed by atoms with Crippen LogP contribution >= 0.6 is 24.8 Å². The minimum Gasteiger partial charge on any atom is -0.507 e. The number of nitrogens with zero attached hydrogens (tertiary/aromatic N) is 7. The number of aromatic hydroxyl groups is 1. The van der Waals surface area contributed by atoms with E-state index in [9.17, 15) is 5.11 Å². The fourth-order valence-corrected chi connectivity index (χ4v) is 5.20. The largest absolute Gasteiger partial charge is 0.507 e. The van der Waals surface area contributed by atoms with Crippen LogP contribution in [0.4, 0.5) is 5.95 Å². The molecule has 2 N–H and O–H groups in total. The van der Waals surface area contributed by atoms with E-state index in [1.165, 1.54) is 0 Å². The second kappa shape index (κ2) is 10.2. The molecule has 0 bridgehead atoms. The van der Waals surface area contributed by atoms with Crippen LogP contribution in [0.25, 0.3) is 27.9 Å². The highest BCUT2D eigenvalue weighted by molar-refractivity contribution is 5.85. The predicted molar refractivity (Wildman–Crippen MR) is 146 cm³/mol. The Kier molecular flexibility index (Phi) is 7.78. The molecule has 0 atom stereocenters. The molecule has 36 heavy (non-hydrogen) atoms. The van der Waals surface area contributed by atoms with Crippen molar-refractivity contribution in [2.24, 2.45) is 0 Å². The molecule has 0 radical (unpaired) electrons. The van der Waals surface area contributed by atoms with Gasteiger partial charge in [-0.25, -0.2) is 9.50 Å². The van der Waals surface area contributed by atoms with E-state index in [4.69, 9.17) is 0 Å². The zero-order valence-corrected chi connectivity index (χ0v) is 22.6. The van der Waals surface area contributed by atoms with E-state index in [0.29, 0.717) is 23.2 Å². The summed E-state index contributed by atoms with van der Waals surface area (Å²) in [6, 6.07) is 9.73. The lowest BCUT2D eigenvalue weighted by molar-refractivity contribution is 0.160. The van der Waals surface area contributed by atoms with E-state index in [1.54, 1.807) is 23.0 Å². The summed E-state index contributed by atoms with van der Waals surface area (Å²) in [5.41, 5.74) is 3.92. The number of anilines is 1. The highest BCUT2D eigenvalue weighted by atomic mass is 35.5. The molecule has 1 fully saturated rings. The summed E-state index contributed by atoms with van der Waals surface area (Å²) in [5, 5.41) is 31.1. The Hall–Kier alpha value is -3.01. The van der Waals surface area contributed by atoms with E-state index in [-0.39, 0.29) is 41.6 Å². The number of hydrogen-bond donors (Lipinski definition) is 2. The lowest BCUT2D eigenvalue weighted by Crippen LogP contribution is -2.62. The van der Waals surface area contributed by atoms with Crippen LogP contribution in [0.3, 0.4) is 0 Å². The summed E-state index contributed by atoms with van der Waals surface area (Å²) in [4.78, 5) is 6.70. The van der Waals surface area contributed by atoms with Gasteiger partial charge >= 0.3 is 0 Å². The number of phenols is 1. The third kappa shape index (κ3) is 5.53. The van der Waals surface area contributed by atoms with Crippen molar-refractivity contribution in [1.82, 2.24) is 35.3 Å². The van der Waals surface area contributed by atoms with E-state index in [1.807, 2.05) is 37.5 Å². The maximum absolute atomic E-state index is 10.7. The summed E-state index contributed by atoms with van der Waals surface area (Å²) in [7, 11) is 2.03. The third-order valence-corrected chi connectivity index (χ3v) is 6.49. The van der Waals surface area contributed by atoms with E-state index < -0.39 is 0 Å². The van der Waals surface area contributed by atoms with Gasteiger partial charge in [0.05, 0.1) is 17.9 Å². The number of phenolic OH excluding ortho intramolecular Hbond substituents is 1. The average Bonchev–Trinajstić information content (AvgIpc) is 3.24. The highest BCUT2D eigenvalue weighted by Crippen LogP contribution is 2.34. The molecule has 0 spiro atoms. The Bertz CT molecular complexity index is 1320. The zero-order chi connectivity index (χ0) is 24.1. The average molecular weight is 531 g/mol. The topological polar surface area (TPSA) is 104 Å². The Morgan fingerprint density at radius 3 is 2.31 bits per heavy atom. The Labute approximate surface area is 223 Å². The van der Waals surface area contributed by atoms with Crippen molar-refractivity contribution >= 4 is 36.3 Å². The first-order valence-corrected chi connectivity index (χ1v) is 11.5. The van der Waals surface area contributed by atoms with E-state index in [0.717, 1.165) is 29.5 Å². The number of halogens is 2. The molecule has 1 saturated heterocycles. The van der Waals surface area contributed by atoms with Gasteiger partial charge in [-0.05, 0) is 75.9 Å². The van der Waals surface area contributed by atoms with Gasteiger partial charge in [0.1, 0.15) is 11.4 Å². The molecule has 192 valence electrons. The molecule has 0 saturated carbocycles. The van der Waals surface area contributed by atoms with Crippen LogP contribution in [0.5, 0.6) is 5.75 Å². The summed E-state index contributed by atoms with van der Waals surface area (Å²) in [5.74, 6) is 0.712. The van der Waals surface area contributed by atoms with Crippen LogP contribution in [0.15, 0.2) is 48.9 Å². The highest BCUT2D eigenvalue weighted by Gasteiger charge is 2.39. The van der Waals surface area contributed by atoms with E-state index in [2.05, 4.69) is 63.4 Å². The van der Waals surface area contributed by atoms with Crippen LogP contribution < -0.4 is 10.2 Å². The maximum atomic E-state index is 10.7. The van der Waals surface area contributed by atoms with Gasteiger partial charge in [-0.15, -0.1) is 40.1 Å². The van der Waals surface area contributed by atoms with Gasteiger partial charge in [0.15, 0.2) is 0 Å². The number of aromatic nitrogens is 6. The van der Waals surface area contributed by atoms with Gasteiger partial charge in [-0.2, -0.15) is 0 Å². The minimum atomic E-state index is 0. The van der Waals surface area contributed by atoms with Crippen LogP contribution in [0.1, 0.15) is 40.5 Å². The minimum absolute atomic E-state index is 0. The number of fused-ring (bicyclic) bond motifs is 1. The van der Waals surface area contributed by atoms with Gasteiger partial charge in [0.25, 0.3) is 0 Å². The number of pyridine rings is 1. The predicted octanol–water partition coefficient (Wildman–Crippen LogP) is 4.54. The molecular weight excluding hydrogens is 499 g/mol. The van der Waals surface area contributed by atoms with Crippen LogP contribution in [-0.4, -0.2) is 59.3 Å². The second-order valence-corrected chi connectivity index (χ2v) is 10.5. The first-order valence-electron chi connectivity index (χ1n) is 11.5. The number of benzene rings is 1. The summed E-state index contributed by atoms with van der Waals surface area (Å²) >= 11 is 0. The Morgan fingerprint density at radius 1 is 0.972 bits per heavy atom. The van der Waals surface area contributed by atoms with Gasteiger partial charge < -0.3 is 15.3 Å². The molecule has 1 aliphatic heterocycles. The number of piperidine rings is 1. The molecule has 1 aliphatic rings. The first kappa shape index (κ1) is 27.6. The molecule has 4 aromatic rings. The summed E-state index contributed by atoms with van der Waals surface area (Å²) in [6.45, 7) is 8.92. The monoisotopic (exact) mass is 530 g/mol. The smallest absolute Gasteiger partial charge is 0.245 e. The normalized spacial score (nSPS) is 16.7. The van der Waals surface area contributed by atoms with Gasteiger partial charge in [-0.3, -0.25) is 0 Å². The fraction of sp³-hybridized carbons (Fsp3) is 0.400. The lowest BCUT2D eigenvalue weighted by Gasteiger charge is -2.48. The van der Waals surface area contributed by atoms with Crippen molar-refractivity contribution in [2.45, 2.75) is 57.7 Å². The molecule has 0 unspecified atom stereocenters. The number of nitrogens with one attached hydrogen (secondary N) is 1. The fourth-order valence-electron chi connectivity index (χ4n) is 5.20. The molecule has 5 rings (SSSR count). The van der Waals surface area contributed by atoms with Crippen LogP contribution in [-0.2, 0) is 0 Å². The Balaban J connectivity index is 0.00000180. The molecule has 0 amide bonds. The SMILES string of the molecule is CN(c1ncc(-c2ccc(-c3ccn4nncc4c3)cc2O)nn1)C1CC(C)(C)NC(C)(C)C1.Cl.Cl. The molecule has 3 aromatic heterocycles. The second-order valence-electron chi connectivity index (χ2n) is 10.5. The van der Waals surface area contributed by atoms with Crippen molar-refractivity contribution in [3.63, 3.8) is 0 Å². The van der Waals surface area contributed by atoms with Gasteiger partial charge in [-0.1, -0.05) is 11.3 Å². The lowest BCUT2D eigenvalue weighted by atomic mass is 9.79. The summed E-state index contributed by atoms with van der Waals surface area (Å²) in [6.07, 6.45) is 7.19.